The van der Waals surface area contributed by atoms with Gasteiger partial charge in [0, 0.05) is 0 Å². The Morgan fingerprint density at radius 1 is 1.80 bits per heavy atom. The van der Waals surface area contributed by atoms with Crippen molar-refractivity contribution >= 4 is 15.9 Å². The zero-order chi connectivity index (χ0) is 7.61. The van der Waals surface area contributed by atoms with Crippen LogP contribution in [0.25, 0.3) is 0 Å². The lowest BCUT2D eigenvalue weighted by Gasteiger charge is -2.22. The van der Waals surface area contributed by atoms with Crippen molar-refractivity contribution in [3.05, 3.63) is 22.8 Å². The molecule has 1 aliphatic rings. The summed E-state index contributed by atoms with van der Waals surface area (Å²) in [6.45, 7) is 1.82. The Bertz CT molecular complexity index is 236. The van der Waals surface area contributed by atoms with Gasteiger partial charge in [-0.2, -0.15) is 5.26 Å². The predicted molar refractivity (Wildman–Crippen MR) is 43.3 cm³/mol. The SMILES string of the molecule is CC1(C#N)C=CC=C(Br)N1. The summed E-state index contributed by atoms with van der Waals surface area (Å²) < 4.78 is 0.846. The van der Waals surface area contributed by atoms with E-state index in [-0.39, 0.29) is 0 Å². The van der Waals surface area contributed by atoms with Gasteiger partial charge in [-0.05, 0) is 35.0 Å². The molecule has 1 unspecified atom stereocenters. The van der Waals surface area contributed by atoms with Crippen molar-refractivity contribution in [1.82, 2.24) is 5.32 Å². The van der Waals surface area contributed by atoms with Gasteiger partial charge in [0.2, 0.25) is 0 Å². The fourth-order valence-electron chi connectivity index (χ4n) is 0.722. The molecule has 0 aromatic carbocycles. The molecule has 0 aliphatic carbocycles. The van der Waals surface area contributed by atoms with E-state index in [1.54, 1.807) is 0 Å². The summed E-state index contributed by atoms with van der Waals surface area (Å²) in [5, 5.41) is 11.6. The lowest BCUT2D eigenvalue weighted by Crippen LogP contribution is -2.38. The number of nitrogens with one attached hydrogen (secondary N) is 1. The molecule has 10 heavy (non-hydrogen) atoms. The monoisotopic (exact) mass is 198 g/mol. The van der Waals surface area contributed by atoms with E-state index in [1.165, 1.54) is 0 Å². The van der Waals surface area contributed by atoms with Crippen LogP contribution in [0.5, 0.6) is 0 Å². The van der Waals surface area contributed by atoms with Crippen molar-refractivity contribution in [1.29, 1.82) is 5.26 Å². The number of rotatable bonds is 0. The van der Waals surface area contributed by atoms with Crippen LogP contribution in [-0.4, -0.2) is 5.54 Å². The van der Waals surface area contributed by atoms with E-state index in [2.05, 4.69) is 27.3 Å². The Hall–Kier alpha value is -0.750. The van der Waals surface area contributed by atoms with E-state index in [0.717, 1.165) is 4.61 Å². The summed E-state index contributed by atoms with van der Waals surface area (Å²) in [6.07, 6.45) is 5.53. The molecule has 0 aromatic heterocycles. The van der Waals surface area contributed by atoms with Gasteiger partial charge < -0.3 is 5.32 Å². The third kappa shape index (κ3) is 1.39. The Balaban J connectivity index is 2.84. The van der Waals surface area contributed by atoms with Gasteiger partial charge in [0.05, 0.1) is 10.7 Å². The molecule has 0 amide bonds. The first-order valence-corrected chi connectivity index (χ1v) is 3.70. The van der Waals surface area contributed by atoms with Crippen LogP contribution in [0.3, 0.4) is 0 Å². The fraction of sp³-hybridized carbons (Fsp3) is 0.286. The van der Waals surface area contributed by atoms with Crippen LogP contribution in [0.1, 0.15) is 6.92 Å². The molecule has 0 fully saturated rings. The molecule has 2 nitrogen and oxygen atoms in total. The van der Waals surface area contributed by atoms with Crippen LogP contribution in [0.15, 0.2) is 22.8 Å². The highest BCUT2D eigenvalue weighted by molar-refractivity contribution is 9.11. The lowest BCUT2D eigenvalue weighted by atomic mass is 10.0. The molecule has 52 valence electrons. The quantitative estimate of drug-likeness (QED) is 0.602. The Morgan fingerprint density at radius 2 is 2.50 bits per heavy atom. The van der Waals surface area contributed by atoms with Crippen molar-refractivity contribution in [3.8, 4) is 6.07 Å². The lowest BCUT2D eigenvalue weighted by molar-refractivity contribution is 0.620. The zero-order valence-electron chi connectivity index (χ0n) is 5.56. The van der Waals surface area contributed by atoms with Crippen molar-refractivity contribution < 1.29 is 0 Å². The molecule has 0 saturated heterocycles. The minimum absolute atomic E-state index is 0.548. The van der Waals surface area contributed by atoms with Gasteiger partial charge in [-0.25, -0.2) is 0 Å². The van der Waals surface area contributed by atoms with Gasteiger partial charge in [0.1, 0.15) is 5.54 Å². The summed E-state index contributed by atoms with van der Waals surface area (Å²) in [6, 6.07) is 2.14. The van der Waals surface area contributed by atoms with Crippen LogP contribution in [-0.2, 0) is 0 Å². The average Bonchev–Trinajstić information content (AvgIpc) is 1.88. The fourth-order valence-corrected chi connectivity index (χ4v) is 1.29. The molecular formula is C7H7BrN2. The molecule has 3 heteroatoms. The summed E-state index contributed by atoms with van der Waals surface area (Å²) in [5.41, 5.74) is -0.548. The van der Waals surface area contributed by atoms with Gasteiger partial charge in [-0.15, -0.1) is 0 Å². The Kier molecular flexibility index (Phi) is 1.82. The predicted octanol–water partition coefficient (Wildman–Crippen LogP) is 1.66. The molecule has 1 rings (SSSR count). The van der Waals surface area contributed by atoms with E-state index in [1.807, 2.05) is 25.2 Å². The number of hydrogen-bond donors (Lipinski definition) is 1. The molecule has 1 atom stereocenters. The first-order valence-electron chi connectivity index (χ1n) is 2.91. The van der Waals surface area contributed by atoms with E-state index < -0.39 is 5.54 Å². The van der Waals surface area contributed by atoms with Gasteiger partial charge in [-0.1, -0.05) is 6.08 Å². The number of dihydropyridines is 1. The van der Waals surface area contributed by atoms with Crippen molar-refractivity contribution in [2.75, 3.05) is 0 Å². The van der Waals surface area contributed by atoms with Crippen LogP contribution >= 0.6 is 15.9 Å². The number of allylic oxidation sites excluding steroid dienone is 2. The van der Waals surface area contributed by atoms with Crippen LogP contribution in [0.4, 0.5) is 0 Å². The maximum Gasteiger partial charge on any atom is 0.141 e. The van der Waals surface area contributed by atoms with Crippen molar-refractivity contribution in [2.24, 2.45) is 0 Å². The second-order valence-corrected chi connectivity index (χ2v) is 3.17. The van der Waals surface area contributed by atoms with Gasteiger partial charge >= 0.3 is 0 Å². The van der Waals surface area contributed by atoms with Crippen LogP contribution in [0.2, 0.25) is 0 Å². The highest BCUT2D eigenvalue weighted by Gasteiger charge is 2.21. The second kappa shape index (κ2) is 2.47. The molecule has 0 aromatic rings. The smallest absolute Gasteiger partial charge is 0.141 e. The standard InChI is InChI=1S/C7H7BrN2/c1-7(5-9)4-2-3-6(8)10-7/h2-4,10H,1H3. The van der Waals surface area contributed by atoms with E-state index >= 15 is 0 Å². The molecule has 1 aliphatic heterocycles. The first-order chi connectivity index (χ1) is 4.66. The maximum atomic E-state index is 8.66. The molecule has 0 spiro atoms. The second-order valence-electron chi connectivity index (χ2n) is 2.31. The minimum Gasteiger partial charge on any atom is -0.359 e. The molecule has 1 N–H and O–H groups in total. The van der Waals surface area contributed by atoms with Crippen molar-refractivity contribution in [3.63, 3.8) is 0 Å². The zero-order valence-corrected chi connectivity index (χ0v) is 7.14. The van der Waals surface area contributed by atoms with Crippen molar-refractivity contribution in [2.45, 2.75) is 12.5 Å². The third-order valence-electron chi connectivity index (χ3n) is 1.28. The van der Waals surface area contributed by atoms with Gasteiger partial charge in [0.25, 0.3) is 0 Å². The molecule has 0 radical (unpaired) electrons. The van der Waals surface area contributed by atoms with Gasteiger partial charge in [-0.3, -0.25) is 0 Å². The van der Waals surface area contributed by atoms with E-state index in [9.17, 15) is 0 Å². The normalized spacial score (nSPS) is 30.3. The van der Waals surface area contributed by atoms with Gasteiger partial charge in [0.15, 0.2) is 0 Å². The molecule has 0 saturated carbocycles. The number of nitrogens with zero attached hydrogens (tertiary/aromatic N) is 1. The number of hydrogen-bond acceptors (Lipinski definition) is 2. The first kappa shape index (κ1) is 7.36. The summed E-state index contributed by atoms with van der Waals surface area (Å²) in [7, 11) is 0. The molecule has 0 bridgehead atoms. The highest BCUT2D eigenvalue weighted by Crippen LogP contribution is 2.15. The summed E-state index contributed by atoms with van der Waals surface area (Å²) in [4.78, 5) is 0. The maximum absolute atomic E-state index is 8.66. The third-order valence-corrected chi connectivity index (χ3v) is 1.75. The van der Waals surface area contributed by atoms with Crippen LogP contribution < -0.4 is 5.32 Å². The average molecular weight is 199 g/mol. The summed E-state index contributed by atoms with van der Waals surface area (Å²) in [5.74, 6) is 0. The largest absolute Gasteiger partial charge is 0.359 e. The minimum atomic E-state index is -0.548. The Morgan fingerprint density at radius 3 is 2.90 bits per heavy atom. The van der Waals surface area contributed by atoms with E-state index in [0.29, 0.717) is 0 Å². The molecule has 1 heterocycles. The molecular weight excluding hydrogens is 192 g/mol. The highest BCUT2D eigenvalue weighted by atomic mass is 79.9. The van der Waals surface area contributed by atoms with E-state index in [4.69, 9.17) is 5.26 Å². The summed E-state index contributed by atoms with van der Waals surface area (Å²) >= 11 is 3.25. The van der Waals surface area contributed by atoms with Crippen LogP contribution in [0, 0.1) is 11.3 Å². The number of halogens is 1. The topological polar surface area (TPSA) is 35.8 Å². The Labute approximate surface area is 68.4 Å². The number of nitriles is 1.